The molecule has 1 heterocycles. The van der Waals surface area contributed by atoms with Crippen molar-refractivity contribution in [2.45, 2.75) is 32.4 Å². The SMILES string of the molecule is COC1CC(NC(=O)c2ccc(Br)nc2)C1(C)C. The van der Waals surface area contributed by atoms with E-state index < -0.39 is 0 Å². The van der Waals surface area contributed by atoms with Crippen LogP contribution in [0.3, 0.4) is 0 Å². The molecular formula is C13H17BrN2O2. The van der Waals surface area contributed by atoms with Crippen LogP contribution in [0.25, 0.3) is 0 Å². The van der Waals surface area contributed by atoms with Gasteiger partial charge in [0, 0.05) is 24.8 Å². The summed E-state index contributed by atoms with van der Waals surface area (Å²) < 4.78 is 6.09. The number of methoxy groups -OCH3 is 1. The molecule has 98 valence electrons. The van der Waals surface area contributed by atoms with Crippen LogP contribution in [0.4, 0.5) is 0 Å². The number of carbonyl (C=O) groups excluding carboxylic acids is 1. The maximum atomic E-state index is 12.0. The average Bonchev–Trinajstić information content (AvgIpc) is 2.34. The summed E-state index contributed by atoms with van der Waals surface area (Å²) in [4.78, 5) is 16.1. The van der Waals surface area contributed by atoms with E-state index in [0.29, 0.717) is 5.56 Å². The first-order chi connectivity index (χ1) is 8.45. The molecule has 0 radical (unpaired) electrons. The molecule has 1 aliphatic carbocycles. The van der Waals surface area contributed by atoms with Crippen molar-refractivity contribution in [2.75, 3.05) is 7.11 Å². The van der Waals surface area contributed by atoms with Crippen molar-refractivity contribution >= 4 is 21.8 Å². The summed E-state index contributed by atoms with van der Waals surface area (Å²) in [6.07, 6.45) is 2.64. The van der Waals surface area contributed by atoms with Crippen molar-refractivity contribution in [3.05, 3.63) is 28.5 Å². The number of nitrogens with zero attached hydrogens (tertiary/aromatic N) is 1. The van der Waals surface area contributed by atoms with Crippen LogP contribution >= 0.6 is 15.9 Å². The number of carbonyl (C=O) groups is 1. The van der Waals surface area contributed by atoms with E-state index >= 15 is 0 Å². The average molecular weight is 313 g/mol. The fraction of sp³-hybridized carbons (Fsp3) is 0.538. The number of hydrogen-bond acceptors (Lipinski definition) is 3. The summed E-state index contributed by atoms with van der Waals surface area (Å²) in [5, 5.41) is 3.03. The smallest absolute Gasteiger partial charge is 0.253 e. The highest BCUT2D eigenvalue weighted by atomic mass is 79.9. The third-order valence-corrected chi connectivity index (χ3v) is 4.23. The number of hydrogen-bond donors (Lipinski definition) is 1. The highest BCUT2D eigenvalue weighted by Gasteiger charge is 2.49. The second-order valence-corrected chi connectivity index (χ2v) is 5.99. The lowest BCUT2D eigenvalue weighted by Crippen LogP contribution is -2.61. The van der Waals surface area contributed by atoms with Crippen LogP contribution in [0.2, 0.25) is 0 Å². The van der Waals surface area contributed by atoms with Gasteiger partial charge in [-0.2, -0.15) is 0 Å². The van der Waals surface area contributed by atoms with Gasteiger partial charge in [0.2, 0.25) is 0 Å². The maximum absolute atomic E-state index is 12.0. The van der Waals surface area contributed by atoms with Crippen molar-refractivity contribution in [1.29, 1.82) is 0 Å². The molecule has 1 N–H and O–H groups in total. The van der Waals surface area contributed by atoms with Gasteiger partial charge in [0.15, 0.2) is 0 Å². The zero-order chi connectivity index (χ0) is 13.3. The number of ether oxygens (including phenoxy) is 1. The quantitative estimate of drug-likeness (QED) is 0.872. The van der Waals surface area contributed by atoms with Gasteiger partial charge >= 0.3 is 0 Å². The van der Waals surface area contributed by atoms with E-state index in [9.17, 15) is 4.79 Å². The van der Waals surface area contributed by atoms with E-state index in [1.54, 1.807) is 25.4 Å². The van der Waals surface area contributed by atoms with E-state index in [1.165, 1.54) is 0 Å². The molecule has 4 nitrogen and oxygen atoms in total. The molecule has 0 aromatic carbocycles. The first kappa shape index (κ1) is 13.5. The van der Waals surface area contributed by atoms with Crippen molar-refractivity contribution in [2.24, 2.45) is 5.41 Å². The Bertz CT molecular complexity index is 445. The Morgan fingerprint density at radius 1 is 1.56 bits per heavy atom. The highest BCUT2D eigenvalue weighted by molar-refractivity contribution is 9.10. The van der Waals surface area contributed by atoms with Crippen molar-refractivity contribution in [1.82, 2.24) is 10.3 Å². The lowest BCUT2D eigenvalue weighted by atomic mass is 9.64. The number of aromatic nitrogens is 1. The predicted molar refractivity (Wildman–Crippen MR) is 72.4 cm³/mol. The predicted octanol–water partition coefficient (Wildman–Crippen LogP) is 2.39. The summed E-state index contributed by atoms with van der Waals surface area (Å²) in [6.45, 7) is 4.21. The minimum Gasteiger partial charge on any atom is -0.381 e. The second kappa shape index (κ2) is 4.97. The van der Waals surface area contributed by atoms with E-state index in [1.807, 2.05) is 0 Å². The Labute approximate surface area is 115 Å². The topological polar surface area (TPSA) is 51.2 Å². The summed E-state index contributed by atoms with van der Waals surface area (Å²) in [7, 11) is 1.71. The van der Waals surface area contributed by atoms with Gasteiger partial charge in [-0.25, -0.2) is 4.98 Å². The fourth-order valence-electron chi connectivity index (χ4n) is 2.28. The van der Waals surface area contributed by atoms with Crippen molar-refractivity contribution in [3.8, 4) is 0 Å². The molecule has 0 spiro atoms. The maximum Gasteiger partial charge on any atom is 0.253 e. The Hall–Kier alpha value is -0.940. The third kappa shape index (κ3) is 2.42. The van der Waals surface area contributed by atoms with Gasteiger partial charge in [-0.05, 0) is 34.5 Å². The lowest BCUT2D eigenvalue weighted by molar-refractivity contribution is -0.0942. The van der Waals surface area contributed by atoms with Crippen LogP contribution in [0.5, 0.6) is 0 Å². The van der Waals surface area contributed by atoms with Gasteiger partial charge < -0.3 is 10.1 Å². The number of halogens is 1. The van der Waals surface area contributed by atoms with E-state index in [4.69, 9.17) is 4.74 Å². The van der Waals surface area contributed by atoms with Crippen LogP contribution in [0, 0.1) is 5.41 Å². The molecule has 1 aliphatic rings. The Kier molecular flexibility index (Phi) is 3.73. The highest BCUT2D eigenvalue weighted by Crippen LogP contribution is 2.42. The molecular weight excluding hydrogens is 296 g/mol. The molecule has 2 atom stereocenters. The number of nitrogens with one attached hydrogen (secondary N) is 1. The molecule has 1 fully saturated rings. The lowest BCUT2D eigenvalue weighted by Gasteiger charge is -2.51. The molecule has 1 saturated carbocycles. The Balaban J connectivity index is 1.99. The number of amides is 1. The van der Waals surface area contributed by atoms with E-state index in [0.717, 1.165) is 11.0 Å². The molecule has 0 aliphatic heterocycles. The Morgan fingerprint density at radius 2 is 2.28 bits per heavy atom. The van der Waals surface area contributed by atoms with E-state index in [-0.39, 0.29) is 23.5 Å². The van der Waals surface area contributed by atoms with Crippen LogP contribution in [-0.4, -0.2) is 30.1 Å². The van der Waals surface area contributed by atoms with Crippen LogP contribution < -0.4 is 5.32 Å². The summed E-state index contributed by atoms with van der Waals surface area (Å²) in [6, 6.07) is 3.67. The summed E-state index contributed by atoms with van der Waals surface area (Å²) in [5.41, 5.74) is 0.558. The molecule has 0 saturated heterocycles. The van der Waals surface area contributed by atoms with Gasteiger partial charge in [0.25, 0.3) is 5.91 Å². The molecule has 2 rings (SSSR count). The zero-order valence-electron chi connectivity index (χ0n) is 10.7. The third-order valence-electron chi connectivity index (χ3n) is 3.76. The fourth-order valence-corrected chi connectivity index (χ4v) is 2.52. The number of rotatable bonds is 3. The molecule has 1 amide bonds. The molecule has 5 heteroatoms. The first-order valence-electron chi connectivity index (χ1n) is 5.90. The summed E-state index contributed by atoms with van der Waals surface area (Å²) >= 11 is 3.25. The largest absolute Gasteiger partial charge is 0.381 e. The summed E-state index contributed by atoms with van der Waals surface area (Å²) in [5.74, 6) is -0.0809. The Morgan fingerprint density at radius 3 is 2.78 bits per heavy atom. The van der Waals surface area contributed by atoms with Gasteiger partial charge in [0.1, 0.15) is 4.60 Å². The minimum absolute atomic E-state index is 0.0206. The van der Waals surface area contributed by atoms with Crippen LogP contribution in [0.1, 0.15) is 30.6 Å². The molecule has 0 bridgehead atoms. The zero-order valence-corrected chi connectivity index (χ0v) is 12.3. The van der Waals surface area contributed by atoms with Crippen LogP contribution in [-0.2, 0) is 4.74 Å². The normalized spacial score (nSPS) is 25.3. The van der Waals surface area contributed by atoms with Crippen molar-refractivity contribution in [3.63, 3.8) is 0 Å². The van der Waals surface area contributed by atoms with Crippen molar-refractivity contribution < 1.29 is 9.53 Å². The van der Waals surface area contributed by atoms with Gasteiger partial charge in [-0.3, -0.25) is 4.79 Å². The van der Waals surface area contributed by atoms with Gasteiger partial charge in [-0.15, -0.1) is 0 Å². The molecule has 18 heavy (non-hydrogen) atoms. The van der Waals surface area contributed by atoms with Crippen LogP contribution in [0.15, 0.2) is 22.9 Å². The second-order valence-electron chi connectivity index (χ2n) is 5.18. The molecule has 1 aromatic heterocycles. The van der Waals surface area contributed by atoms with E-state index in [2.05, 4.69) is 40.1 Å². The molecule has 2 unspecified atom stereocenters. The molecule has 1 aromatic rings. The standard InChI is InChI=1S/C13H17BrN2O2/c1-13(2)9(6-10(13)18-3)16-12(17)8-4-5-11(14)15-7-8/h4-5,7,9-10H,6H2,1-3H3,(H,16,17). The van der Waals surface area contributed by atoms with Gasteiger partial charge in [-0.1, -0.05) is 13.8 Å². The monoisotopic (exact) mass is 312 g/mol. The number of pyridine rings is 1. The van der Waals surface area contributed by atoms with Gasteiger partial charge in [0.05, 0.1) is 11.7 Å². The minimum atomic E-state index is -0.0809. The first-order valence-corrected chi connectivity index (χ1v) is 6.69.